The summed E-state index contributed by atoms with van der Waals surface area (Å²) in [4.78, 5) is 12.8. The third-order valence-electron chi connectivity index (χ3n) is 4.16. The Bertz CT molecular complexity index is 840. The van der Waals surface area contributed by atoms with Crippen molar-refractivity contribution >= 4 is 22.8 Å². The van der Waals surface area contributed by atoms with Gasteiger partial charge in [-0.15, -0.1) is 0 Å². The number of nitrogens with zero attached hydrogens (tertiary/aromatic N) is 4. The first-order chi connectivity index (χ1) is 12.3. The summed E-state index contributed by atoms with van der Waals surface area (Å²) in [5, 5.41) is 16.8. The maximum absolute atomic E-state index is 12.8. The monoisotopic (exact) mass is 342 g/mol. The Balaban J connectivity index is 1.99. The maximum atomic E-state index is 12.8. The van der Waals surface area contributed by atoms with Crippen LogP contribution in [0.2, 0.25) is 0 Å². The summed E-state index contributed by atoms with van der Waals surface area (Å²) in [5.74, 6) is 0.466. The van der Waals surface area contributed by atoms with Crippen molar-refractivity contribution in [3.05, 3.63) is 30.0 Å². The molecule has 0 radical (unpaired) electrons. The fourth-order valence-electron chi connectivity index (χ4n) is 3.01. The van der Waals surface area contributed by atoms with Gasteiger partial charge in [-0.3, -0.25) is 10.1 Å². The second-order valence-electron chi connectivity index (χ2n) is 5.82. The number of carbonyl (C=O) groups is 1. The van der Waals surface area contributed by atoms with Crippen LogP contribution in [0, 0.1) is 0 Å². The van der Waals surface area contributed by atoms with Gasteiger partial charge in [-0.2, -0.15) is 0 Å². The van der Waals surface area contributed by atoms with E-state index in [9.17, 15) is 4.79 Å². The summed E-state index contributed by atoms with van der Waals surface area (Å²) >= 11 is 0. The van der Waals surface area contributed by atoms with Gasteiger partial charge < -0.3 is 9.30 Å². The number of hydrogen-bond donors (Lipinski definition) is 2. The van der Waals surface area contributed by atoms with Gasteiger partial charge in [-0.05, 0) is 29.0 Å². The van der Waals surface area contributed by atoms with Crippen molar-refractivity contribution in [2.24, 2.45) is 0 Å². The van der Waals surface area contributed by atoms with Crippen molar-refractivity contribution < 1.29 is 9.53 Å². The van der Waals surface area contributed by atoms with Crippen molar-refractivity contribution in [2.45, 2.75) is 39.2 Å². The lowest BCUT2D eigenvalue weighted by Gasteiger charge is -2.11. The Kier molecular flexibility index (Phi) is 5.27. The van der Waals surface area contributed by atoms with E-state index in [-0.39, 0.29) is 11.9 Å². The molecule has 0 fully saturated rings. The molecule has 0 unspecified atom stereocenters. The third kappa shape index (κ3) is 3.47. The molecular formula is C17H22N6O2. The first kappa shape index (κ1) is 16.9. The molecule has 1 amide bonds. The molecule has 0 atom stereocenters. The van der Waals surface area contributed by atoms with Crippen LogP contribution in [0.5, 0.6) is 5.75 Å². The van der Waals surface area contributed by atoms with E-state index in [1.165, 1.54) is 12.8 Å². The second-order valence-corrected chi connectivity index (χ2v) is 5.82. The summed E-state index contributed by atoms with van der Waals surface area (Å²) in [6.45, 7) is 2.93. The highest BCUT2D eigenvalue weighted by atomic mass is 16.5. The van der Waals surface area contributed by atoms with Crippen molar-refractivity contribution in [1.82, 2.24) is 25.2 Å². The molecule has 0 saturated carbocycles. The second kappa shape index (κ2) is 7.78. The fourth-order valence-corrected chi connectivity index (χ4v) is 3.01. The van der Waals surface area contributed by atoms with Gasteiger partial charge in [0.25, 0.3) is 5.91 Å². The molecule has 132 valence electrons. The number of methoxy groups -OCH3 is 1. The molecule has 8 heteroatoms. The lowest BCUT2D eigenvalue weighted by Crippen LogP contribution is -2.19. The van der Waals surface area contributed by atoms with E-state index in [1.807, 2.05) is 28.8 Å². The first-order valence-corrected chi connectivity index (χ1v) is 8.46. The molecule has 2 heterocycles. The number of benzene rings is 1. The number of ether oxygens (including phenoxy) is 1. The van der Waals surface area contributed by atoms with Gasteiger partial charge in [0, 0.05) is 11.9 Å². The van der Waals surface area contributed by atoms with Crippen LogP contribution in [-0.2, 0) is 6.54 Å². The summed E-state index contributed by atoms with van der Waals surface area (Å²) in [6, 6.07) is 7.87. The summed E-state index contributed by atoms with van der Waals surface area (Å²) in [6.07, 6.45) is 4.47. The largest absolute Gasteiger partial charge is 0.494 e. The zero-order valence-corrected chi connectivity index (χ0v) is 14.5. The minimum atomic E-state index is -0.304. The van der Waals surface area contributed by atoms with Gasteiger partial charge in [-0.1, -0.05) is 43.4 Å². The van der Waals surface area contributed by atoms with Gasteiger partial charge >= 0.3 is 0 Å². The molecule has 3 aromatic rings. The maximum Gasteiger partial charge on any atom is 0.278 e. The lowest BCUT2D eigenvalue weighted by atomic mass is 10.2. The number of para-hydroxylation sites is 1. The first-order valence-electron chi connectivity index (χ1n) is 8.46. The number of hydrogen-bond acceptors (Lipinski definition) is 5. The summed E-state index contributed by atoms with van der Waals surface area (Å²) < 4.78 is 7.58. The number of anilines is 1. The van der Waals surface area contributed by atoms with Crippen LogP contribution in [-0.4, -0.2) is 38.2 Å². The van der Waals surface area contributed by atoms with Gasteiger partial charge in [0.2, 0.25) is 5.95 Å². The van der Waals surface area contributed by atoms with E-state index >= 15 is 0 Å². The zero-order valence-electron chi connectivity index (χ0n) is 14.5. The Labute approximate surface area is 145 Å². The minimum Gasteiger partial charge on any atom is -0.494 e. The normalized spacial score (nSPS) is 11.0. The molecule has 2 aromatic heterocycles. The molecule has 1 aromatic carbocycles. The fraction of sp³-hybridized carbons (Fsp3) is 0.412. The molecule has 0 aliphatic heterocycles. The molecule has 3 rings (SSSR count). The summed E-state index contributed by atoms with van der Waals surface area (Å²) in [5.41, 5.74) is 1.47. The Hall–Kier alpha value is -2.90. The predicted molar refractivity (Wildman–Crippen MR) is 94.8 cm³/mol. The highest BCUT2D eigenvalue weighted by Crippen LogP contribution is 2.33. The Morgan fingerprint density at radius 2 is 2.12 bits per heavy atom. The van der Waals surface area contributed by atoms with Crippen LogP contribution < -0.4 is 10.1 Å². The number of carbonyl (C=O) groups excluding carboxylic acids is 1. The van der Waals surface area contributed by atoms with E-state index in [0.717, 1.165) is 30.3 Å². The number of rotatable bonds is 8. The van der Waals surface area contributed by atoms with E-state index in [0.29, 0.717) is 11.4 Å². The van der Waals surface area contributed by atoms with Crippen LogP contribution in [0.25, 0.3) is 10.9 Å². The van der Waals surface area contributed by atoms with Crippen LogP contribution in [0.4, 0.5) is 5.95 Å². The van der Waals surface area contributed by atoms with Crippen LogP contribution >= 0.6 is 0 Å². The van der Waals surface area contributed by atoms with E-state index in [1.54, 1.807) is 7.11 Å². The third-order valence-corrected chi connectivity index (χ3v) is 4.16. The van der Waals surface area contributed by atoms with Crippen LogP contribution in [0.15, 0.2) is 24.3 Å². The topological polar surface area (TPSA) is 97.7 Å². The predicted octanol–water partition coefficient (Wildman–Crippen LogP) is 3.00. The molecule has 8 nitrogen and oxygen atoms in total. The van der Waals surface area contributed by atoms with Gasteiger partial charge in [0.1, 0.15) is 0 Å². The highest BCUT2D eigenvalue weighted by molar-refractivity contribution is 6.09. The number of tetrazole rings is 1. The van der Waals surface area contributed by atoms with Crippen molar-refractivity contribution in [3.63, 3.8) is 0 Å². The van der Waals surface area contributed by atoms with Crippen molar-refractivity contribution in [2.75, 3.05) is 12.4 Å². The number of H-pyrrole nitrogens is 1. The number of fused-ring (bicyclic) bond motifs is 1. The van der Waals surface area contributed by atoms with Crippen LogP contribution in [0.1, 0.15) is 43.1 Å². The molecule has 0 aliphatic rings. The number of nitrogens with one attached hydrogen (secondary N) is 2. The van der Waals surface area contributed by atoms with Gasteiger partial charge in [0.15, 0.2) is 11.4 Å². The van der Waals surface area contributed by atoms with Crippen molar-refractivity contribution in [3.8, 4) is 5.75 Å². The number of aromatic amines is 1. The molecule has 0 saturated heterocycles. The Morgan fingerprint density at radius 3 is 2.84 bits per heavy atom. The highest BCUT2D eigenvalue weighted by Gasteiger charge is 2.24. The number of unbranched alkanes of at least 4 members (excludes halogenated alkanes) is 3. The average molecular weight is 342 g/mol. The zero-order chi connectivity index (χ0) is 17.6. The average Bonchev–Trinajstić information content (AvgIpc) is 3.24. The van der Waals surface area contributed by atoms with Gasteiger partial charge in [0.05, 0.1) is 12.6 Å². The minimum absolute atomic E-state index is 0.204. The summed E-state index contributed by atoms with van der Waals surface area (Å²) in [7, 11) is 1.58. The van der Waals surface area contributed by atoms with Crippen LogP contribution in [0.3, 0.4) is 0 Å². The van der Waals surface area contributed by atoms with E-state index < -0.39 is 0 Å². The lowest BCUT2D eigenvalue weighted by molar-refractivity contribution is 0.101. The molecular weight excluding hydrogens is 320 g/mol. The Morgan fingerprint density at radius 1 is 1.28 bits per heavy atom. The van der Waals surface area contributed by atoms with Gasteiger partial charge in [-0.25, -0.2) is 5.10 Å². The van der Waals surface area contributed by atoms with E-state index in [4.69, 9.17) is 4.74 Å². The number of aromatic nitrogens is 5. The molecule has 0 spiro atoms. The molecule has 0 aliphatic carbocycles. The number of aryl methyl sites for hydroxylation is 1. The SMILES string of the molecule is CCCCCCn1c(C(=O)Nc2nnn[nH]2)c(OC)c2ccccc21. The standard InChI is InChI=1S/C17H22N6O2/c1-3-4-5-8-11-23-13-10-7-6-9-12(13)15(25-2)14(23)16(24)18-17-19-21-22-20-17/h6-7,9-10H,3-5,8,11H2,1-2H3,(H2,18,19,20,21,22,24). The molecule has 0 bridgehead atoms. The quantitative estimate of drug-likeness (QED) is 0.613. The van der Waals surface area contributed by atoms with Crippen molar-refractivity contribution in [1.29, 1.82) is 0 Å². The number of amides is 1. The van der Waals surface area contributed by atoms with E-state index in [2.05, 4.69) is 32.9 Å². The molecule has 2 N–H and O–H groups in total. The molecule has 25 heavy (non-hydrogen) atoms. The smallest absolute Gasteiger partial charge is 0.278 e.